The molecule has 1 heterocycles. The molecule has 9 nitrogen and oxygen atoms in total. The highest BCUT2D eigenvalue weighted by Crippen LogP contribution is 2.46. The summed E-state index contributed by atoms with van der Waals surface area (Å²) in [6.45, 7) is 2.35. The number of para-hydroxylation sites is 1. The Morgan fingerprint density at radius 3 is 2.30 bits per heavy atom. The van der Waals surface area contributed by atoms with Gasteiger partial charge < -0.3 is 34.2 Å². The molecule has 1 aliphatic rings. The summed E-state index contributed by atoms with van der Waals surface area (Å²) in [5, 5.41) is 9.85. The van der Waals surface area contributed by atoms with Crippen LogP contribution in [0.5, 0.6) is 34.5 Å². The van der Waals surface area contributed by atoms with Gasteiger partial charge in [0, 0.05) is 17.2 Å². The standard InChI is InChI=1S/C28H26N2O7/c1-5-35-21-9-7-6-8-18(21)25-19-11-10-17(14-22(19)37-27(30)20(25)15-29)36-28(31)16-12-23(32-2)26(34-4)24(13-16)33-3/h6-14,25H,5,30H2,1-4H3. The van der Waals surface area contributed by atoms with Crippen molar-refractivity contribution in [2.45, 2.75) is 12.8 Å². The lowest BCUT2D eigenvalue weighted by Gasteiger charge is -2.27. The van der Waals surface area contributed by atoms with E-state index in [2.05, 4.69) is 6.07 Å². The first-order valence-electron chi connectivity index (χ1n) is 11.4. The molecule has 0 spiro atoms. The van der Waals surface area contributed by atoms with Gasteiger partial charge in [-0.3, -0.25) is 0 Å². The number of nitrogens with zero attached hydrogens (tertiary/aromatic N) is 1. The summed E-state index contributed by atoms with van der Waals surface area (Å²) in [6.07, 6.45) is 0. The third kappa shape index (κ3) is 4.82. The second-order valence-electron chi connectivity index (χ2n) is 7.90. The minimum atomic E-state index is -0.644. The van der Waals surface area contributed by atoms with Crippen LogP contribution < -0.4 is 34.2 Å². The average molecular weight is 503 g/mol. The molecule has 4 rings (SSSR count). The van der Waals surface area contributed by atoms with Gasteiger partial charge in [-0.25, -0.2) is 4.79 Å². The summed E-state index contributed by atoms with van der Waals surface area (Å²) in [6, 6.07) is 17.5. The van der Waals surface area contributed by atoms with Crippen LogP contribution in [0.4, 0.5) is 0 Å². The molecule has 0 fully saturated rings. The molecule has 0 aliphatic carbocycles. The van der Waals surface area contributed by atoms with Gasteiger partial charge in [-0.15, -0.1) is 0 Å². The fraction of sp³-hybridized carbons (Fsp3) is 0.214. The fourth-order valence-electron chi connectivity index (χ4n) is 4.19. The van der Waals surface area contributed by atoms with E-state index in [0.717, 1.165) is 5.56 Å². The monoisotopic (exact) mass is 502 g/mol. The molecule has 3 aromatic carbocycles. The Labute approximate surface area is 214 Å². The van der Waals surface area contributed by atoms with Gasteiger partial charge in [0.05, 0.1) is 39.4 Å². The van der Waals surface area contributed by atoms with Gasteiger partial charge >= 0.3 is 5.97 Å². The van der Waals surface area contributed by atoms with Gasteiger partial charge in [-0.2, -0.15) is 5.26 Å². The van der Waals surface area contributed by atoms with Gasteiger partial charge in [0.2, 0.25) is 11.6 Å². The Bertz CT molecular complexity index is 1380. The highest BCUT2D eigenvalue weighted by molar-refractivity contribution is 5.92. The van der Waals surface area contributed by atoms with E-state index < -0.39 is 11.9 Å². The quantitative estimate of drug-likeness (QED) is 0.349. The van der Waals surface area contributed by atoms with Gasteiger partial charge in [0.25, 0.3) is 0 Å². The van der Waals surface area contributed by atoms with E-state index in [0.29, 0.717) is 40.9 Å². The Morgan fingerprint density at radius 2 is 1.68 bits per heavy atom. The summed E-state index contributed by atoms with van der Waals surface area (Å²) in [5.74, 6) is 1.04. The summed E-state index contributed by atoms with van der Waals surface area (Å²) < 4.78 is 33.1. The maximum atomic E-state index is 13.0. The Kier molecular flexibility index (Phi) is 7.39. The van der Waals surface area contributed by atoms with Crippen molar-refractivity contribution in [3.63, 3.8) is 0 Å². The van der Waals surface area contributed by atoms with Gasteiger partial charge in [-0.05, 0) is 31.2 Å². The second kappa shape index (κ2) is 10.8. The van der Waals surface area contributed by atoms with Gasteiger partial charge in [0.1, 0.15) is 28.9 Å². The van der Waals surface area contributed by atoms with Crippen molar-refractivity contribution < 1.29 is 33.2 Å². The predicted molar refractivity (Wildman–Crippen MR) is 134 cm³/mol. The number of fused-ring (bicyclic) bond motifs is 1. The SMILES string of the molecule is CCOc1ccccc1C1C(C#N)=C(N)Oc2cc(OC(=O)c3cc(OC)c(OC)c(OC)c3)ccc21. The summed E-state index contributed by atoms with van der Waals surface area (Å²) >= 11 is 0. The highest BCUT2D eigenvalue weighted by Gasteiger charge is 2.33. The molecule has 1 atom stereocenters. The Morgan fingerprint density at radius 1 is 0.973 bits per heavy atom. The van der Waals surface area contributed by atoms with E-state index in [4.69, 9.17) is 34.2 Å². The molecule has 37 heavy (non-hydrogen) atoms. The van der Waals surface area contributed by atoms with Crippen molar-refractivity contribution in [3.8, 4) is 40.6 Å². The highest BCUT2D eigenvalue weighted by atomic mass is 16.5. The number of carbonyl (C=O) groups is 1. The van der Waals surface area contributed by atoms with Crippen LogP contribution in [0, 0.1) is 11.3 Å². The zero-order chi connectivity index (χ0) is 26.5. The van der Waals surface area contributed by atoms with E-state index in [1.165, 1.54) is 33.5 Å². The fourth-order valence-corrected chi connectivity index (χ4v) is 4.19. The number of rotatable bonds is 8. The van der Waals surface area contributed by atoms with Gasteiger partial charge in [-0.1, -0.05) is 24.3 Å². The average Bonchev–Trinajstić information content (AvgIpc) is 2.91. The number of nitrogens with two attached hydrogens (primary N) is 1. The van der Waals surface area contributed by atoms with E-state index in [9.17, 15) is 10.1 Å². The first kappa shape index (κ1) is 25.3. The molecule has 0 aromatic heterocycles. The van der Waals surface area contributed by atoms with E-state index >= 15 is 0 Å². The molecule has 0 radical (unpaired) electrons. The topological polar surface area (TPSA) is 122 Å². The summed E-state index contributed by atoms with van der Waals surface area (Å²) in [4.78, 5) is 13.0. The van der Waals surface area contributed by atoms with E-state index in [-0.39, 0.29) is 22.8 Å². The number of allylic oxidation sites excluding steroid dienone is 1. The molecule has 3 aromatic rings. The number of carbonyl (C=O) groups excluding carboxylic acids is 1. The number of esters is 1. The van der Waals surface area contributed by atoms with Crippen molar-refractivity contribution in [1.29, 1.82) is 5.26 Å². The smallest absolute Gasteiger partial charge is 0.343 e. The molecule has 2 N–H and O–H groups in total. The minimum Gasteiger partial charge on any atom is -0.494 e. The number of ether oxygens (including phenoxy) is 6. The zero-order valence-corrected chi connectivity index (χ0v) is 20.9. The van der Waals surface area contributed by atoms with Crippen molar-refractivity contribution in [3.05, 3.63) is 82.7 Å². The number of hydrogen-bond acceptors (Lipinski definition) is 9. The van der Waals surface area contributed by atoms with Gasteiger partial charge in [0.15, 0.2) is 11.5 Å². The molecule has 1 aliphatic heterocycles. The number of benzene rings is 3. The Balaban J connectivity index is 1.70. The van der Waals surface area contributed by atoms with Crippen LogP contribution in [-0.2, 0) is 0 Å². The third-order valence-corrected chi connectivity index (χ3v) is 5.83. The first-order valence-corrected chi connectivity index (χ1v) is 11.4. The molecule has 0 bridgehead atoms. The van der Waals surface area contributed by atoms with Crippen molar-refractivity contribution in [2.24, 2.45) is 5.73 Å². The van der Waals surface area contributed by atoms with Crippen molar-refractivity contribution >= 4 is 5.97 Å². The molecular weight excluding hydrogens is 476 g/mol. The third-order valence-electron chi connectivity index (χ3n) is 5.83. The minimum absolute atomic E-state index is 0.0283. The molecule has 0 saturated heterocycles. The molecule has 0 saturated carbocycles. The van der Waals surface area contributed by atoms with E-state index in [1.54, 1.807) is 18.2 Å². The lowest BCUT2D eigenvalue weighted by molar-refractivity contribution is 0.0733. The molecule has 190 valence electrons. The van der Waals surface area contributed by atoms with Crippen LogP contribution in [0.25, 0.3) is 0 Å². The summed E-state index contributed by atoms with van der Waals surface area (Å²) in [7, 11) is 4.39. The lowest BCUT2D eigenvalue weighted by atomic mass is 9.83. The van der Waals surface area contributed by atoms with Crippen LogP contribution in [0.2, 0.25) is 0 Å². The second-order valence-corrected chi connectivity index (χ2v) is 7.90. The Hall–Kier alpha value is -4.84. The van der Waals surface area contributed by atoms with E-state index in [1.807, 2.05) is 31.2 Å². The van der Waals surface area contributed by atoms with Crippen LogP contribution in [-0.4, -0.2) is 33.9 Å². The van der Waals surface area contributed by atoms with Crippen molar-refractivity contribution in [1.82, 2.24) is 0 Å². The first-order chi connectivity index (χ1) is 17.9. The lowest BCUT2D eigenvalue weighted by Crippen LogP contribution is -2.21. The van der Waals surface area contributed by atoms with Crippen LogP contribution in [0.1, 0.15) is 34.3 Å². The van der Waals surface area contributed by atoms with Crippen LogP contribution in [0.15, 0.2) is 66.1 Å². The zero-order valence-electron chi connectivity index (χ0n) is 20.9. The largest absolute Gasteiger partial charge is 0.494 e. The maximum absolute atomic E-state index is 13.0. The number of hydrogen-bond donors (Lipinski definition) is 1. The van der Waals surface area contributed by atoms with Crippen molar-refractivity contribution in [2.75, 3.05) is 27.9 Å². The normalized spacial score (nSPS) is 14.1. The molecule has 1 unspecified atom stereocenters. The van der Waals surface area contributed by atoms with Crippen LogP contribution in [0.3, 0.4) is 0 Å². The molecule has 0 amide bonds. The summed E-state index contributed by atoms with van der Waals surface area (Å²) in [5.41, 5.74) is 8.06. The van der Waals surface area contributed by atoms with Crippen LogP contribution >= 0.6 is 0 Å². The predicted octanol–water partition coefficient (Wildman–Crippen LogP) is 4.55. The number of nitriles is 1. The molecular formula is C28H26N2O7. The number of methoxy groups -OCH3 is 3. The maximum Gasteiger partial charge on any atom is 0.343 e. The molecule has 9 heteroatoms.